The van der Waals surface area contributed by atoms with Gasteiger partial charge >= 0.3 is 10.2 Å². The van der Waals surface area contributed by atoms with E-state index in [4.69, 9.17) is 4.74 Å². The van der Waals surface area contributed by atoms with Crippen LogP contribution in [0.4, 0.5) is 3.89 Å². The molecule has 0 aromatic rings. The molecule has 3 nitrogen and oxygen atoms in total. The molecule has 0 aromatic carbocycles. The van der Waals surface area contributed by atoms with Crippen molar-refractivity contribution < 1.29 is 17.0 Å². The molecule has 0 radical (unpaired) electrons. The predicted octanol–water partition coefficient (Wildman–Crippen LogP) is 0.712. The largest absolute Gasteiger partial charge is 0.381 e. The van der Waals surface area contributed by atoms with Gasteiger partial charge in [-0.2, -0.15) is 8.42 Å². The molecule has 1 fully saturated rings. The summed E-state index contributed by atoms with van der Waals surface area (Å²) in [5.41, 5.74) is 0. The fourth-order valence-electron chi connectivity index (χ4n) is 1.12. The van der Waals surface area contributed by atoms with Gasteiger partial charge in [0.15, 0.2) is 0 Å². The Morgan fingerprint density at radius 3 is 2.73 bits per heavy atom. The molecule has 0 bridgehead atoms. The summed E-state index contributed by atoms with van der Waals surface area (Å²) in [7, 11) is -4.27. The number of ether oxygens (including phenoxy) is 1. The van der Waals surface area contributed by atoms with Crippen LogP contribution < -0.4 is 0 Å². The van der Waals surface area contributed by atoms with E-state index in [1.165, 1.54) is 0 Å². The first-order valence-electron chi connectivity index (χ1n) is 3.58. The molecular formula is C6H11FO3S. The van der Waals surface area contributed by atoms with Crippen LogP contribution in [0.15, 0.2) is 0 Å². The van der Waals surface area contributed by atoms with Crippen molar-refractivity contribution >= 4 is 10.2 Å². The fourth-order valence-corrected chi connectivity index (χ4v) is 1.73. The number of hydrogen-bond acceptors (Lipinski definition) is 3. The lowest BCUT2D eigenvalue weighted by atomic mass is 10.1. The highest BCUT2D eigenvalue weighted by molar-refractivity contribution is 7.86. The summed E-state index contributed by atoms with van der Waals surface area (Å²) in [6.07, 6.45) is 1.24. The van der Waals surface area contributed by atoms with E-state index in [2.05, 4.69) is 0 Å². The van der Waals surface area contributed by atoms with Gasteiger partial charge in [-0.15, -0.1) is 3.89 Å². The first-order valence-corrected chi connectivity index (χ1v) is 5.13. The molecule has 1 aliphatic heterocycles. The summed E-state index contributed by atoms with van der Waals surface area (Å²) >= 11 is 0. The van der Waals surface area contributed by atoms with Crippen LogP contribution in [-0.2, 0) is 15.0 Å². The molecule has 0 spiro atoms. The van der Waals surface area contributed by atoms with E-state index in [9.17, 15) is 12.3 Å². The van der Waals surface area contributed by atoms with Crippen molar-refractivity contribution in [2.45, 2.75) is 12.8 Å². The Hall–Kier alpha value is -0.160. The molecule has 1 unspecified atom stereocenters. The van der Waals surface area contributed by atoms with Gasteiger partial charge in [-0.25, -0.2) is 0 Å². The maximum atomic E-state index is 12.0. The van der Waals surface area contributed by atoms with Crippen LogP contribution in [0.1, 0.15) is 12.8 Å². The van der Waals surface area contributed by atoms with Crippen molar-refractivity contribution in [1.82, 2.24) is 0 Å². The topological polar surface area (TPSA) is 43.4 Å². The van der Waals surface area contributed by atoms with Crippen LogP contribution in [0.3, 0.4) is 0 Å². The lowest BCUT2D eigenvalue weighted by Gasteiger charge is -2.02. The van der Waals surface area contributed by atoms with Gasteiger partial charge in [0, 0.05) is 13.2 Å². The third-order valence-electron chi connectivity index (χ3n) is 1.79. The molecule has 0 N–H and O–H groups in total. The van der Waals surface area contributed by atoms with E-state index < -0.39 is 10.2 Å². The maximum absolute atomic E-state index is 12.0. The zero-order chi connectivity index (χ0) is 8.32. The summed E-state index contributed by atoms with van der Waals surface area (Å²) in [6, 6.07) is 0. The number of halogens is 1. The molecule has 0 aliphatic carbocycles. The zero-order valence-corrected chi connectivity index (χ0v) is 6.94. The molecule has 11 heavy (non-hydrogen) atoms. The Kier molecular flexibility index (Phi) is 2.84. The quantitative estimate of drug-likeness (QED) is 0.604. The van der Waals surface area contributed by atoms with Crippen molar-refractivity contribution in [3.05, 3.63) is 0 Å². The van der Waals surface area contributed by atoms with Crippen LogP contribution in [-0.4, -0.2) is 27.4 Å². The second kappa shape index (κ2) is 3.49. The molecular weight excluding hydrogens is 171 g/mol. The van der Waals surface area contributed by atoms with Gasteiger partial charge in [0.05, 0.1) is 5.75 Å². The summed E-state index contributed by atoms with van der Waals surface area (Å²) in [6.45, 7) is 1.26. The second-order valence-electron chi connectivity index (χ2n) is 2.76. The molecule has 66 valence electrons. The molecule has 1 saturated heterocycles. The van der Waals surface area contributed by atoms with Gasteiger partial charge in [-0.3, -0.25) is 0 Å². The summed E-state index contributed by atoms with van der Waals surface area (Å²) in [5.74, 6) is -0.123. The standard InChI is InChI=1S/C6H11FO3S/c7-11(8,9)4-2-6-1-3-10-5-6/h6H,1-5H2. The minimum Gasteiger partial charge on any atom is -0.381 e. The van der Waals surface area contributed by atoms with Gasteiger partial charge in [0.2, 0.25) is 0 Å². The normalized spacial score (nSPS) is 25.7. The summed E-state index contributed by atoms with van der Waals surface area (Å²) in [5, 5.41) is 0. The first-order chi connectivity index (χ1) is 5.08. The molecule has 0 saturated carbocycles. The van der Waals surface area contributed by atoms with Gasteiger partial charge in [-0.05, 0) is 18.8 Å². The Labute approximate surface area is 65.8 Å². The second-order valence-corrected chi connectivity index (χ2v) is 4.25. The zero-order valence-electron chi connectivity index (χ0n) is 6.12. The monoisotopic (exact) mass is 182 g/mol. The van der Waals surface area contributed by atoms with E-state index in [0.29, 0.717) is 19.6 Å². The van der Waals surface area contributed by atoms with Crippen molar-refractivity contribution in [1.29, 1.82) is 0 Å². The lowest BCUT2D eigenvalue weighted by Crippen LogP contribution is -2.07. The average molecular weight is 182 g/mol. The van der Waals surface area contributed by atoms with Crippen molar-refractivity contribution in [3.63, 3.8) is 0 Å². The Balaban J connectivity index is 2.22. The molecule has 1 atom stereocenters. The molecule has 1 aliphatic rings. The fraction of sp³-hybridized carbons (Fsp3) is 1.00. The van der Waals surface area contributed by atoms with E-state index in [1.54, 1.807) is 0 Å². The predicted molar refractivity (Wildman–Crippen MR) is 38.4 cm³/mol. The van der Waals surface area contributed by atoms with Gasteiger partial charge in [-0.1, -0.05) is 0 Å². The summed E-state index contributed by atoms with van der Waals surface area (Å²) in [4.78, 5) is 0. The highest BCUT2D eigenvalue weighted by Crippen LogP contribution is 2.17. The van der Waals surface area contributed by atoms with Crippen molar-refractivity contribution in [3.8, 4) is 0 Å². The van der Waals surface area contributed by atoms with Crippen molar-refractivity contribution in [2.75, 3.05) is 19.0 Å². The number of rotatable bonds is 3. The molecule has 0 amide bonds. The minimum atomic E-state index is -4.27. The minimum absolute atomic E-state index is 0.237. The van der Waals surface area contributed by atoms with E-state index in [1.807, 2.05) is 0 Å². The van der Waals surface area contributed by atoms with E-state index >= 15 is 0 Å². The van der Waals surface area contributed by atoms with Crippen LogP contribution >= 0.6 is 0 Å². The lowest BCUT2D eigenvalue weighted by molar-refractivity contribution is 0.185. The highest BCUT2D eigenvalue weighted by Gasteiger charge is 2.18. The third-order valence-corrected chi connectivity index (χ3v) is 2.52. The molecule has 1 heterocycles. The number of hydrogen-bond donors (Lipinski definition) is 0. The van der Waals surface area contributed by atoms with E-state index in [-0.39, 0.29) is 11.7 Å². The van der Waals surface area contributed by atoms with Gasteiger partial charge in [0.25, 0.3) is 0 Å². The molecule has 5 heteroatoms. The maximum Gasteiger partial charge on any atom is 0.302 e. The highest BCUT2D eigenvalue weighted by atomic mass is 32.3. The van der Waals surface area contributed by atoms with Crippen LogP contribution in [0.25, 0.3) is 0 Å². The van der Waals surface area contributed by atoms with Crippen LogP contribution in [0.5, 0.6) is 0 Å². The molecule has 1 rings (SSSR count). The van der Waals surface area contributed by atoms with Crippen LogP contribution in [0, 0.1) is 5.92 Å². The SMILES string of the molecule is O=S(=O)(F)CCC1CCOC1. The molecule has 0 aromatic heterocycles. The van der Waals surface area contributed by atoms with Crippen LogP contribution in [0.2, 0.25) is 0 Å². The van der Waals surface area contributed by atoms with Gasteiger partial charge in [0.1, 0.15) is 0 Å². The Morgan fingerprint density at radius 1 is 1.55 bits per heavy atom. The van der Waals surface area contributed by atoms with E-state index in [0.717, 1.165) is 6.42 Å². The third kappa shape index (κ3) is 3.67. The summed E-state index contributed by atoms with van der Waals surface area (Å²) < 4.78 is 37.1. The van der Waals surface area contributed by atoms with Crippen molar-refractivity contribution in [2.24, 2.45) is 5.92 Å². The Bertz CT molecular complexity index is 206. The average Bonchev–Trinajstić information content (AvgIpc) is 2.32. The Morgan fingerprint density at radius 2 is 2.27 bits per heavy atom. The van der Waals surface area contributed by atoms with Gasteiger partial charge < -0.3 is 4.74 Å². The first kappa shape index (κ1) is 8.93. The smallest absolute Gasteiger partial charge is 0.302 e.